The highest BCUT2D eigenvalue weighted by molar-refractivity contribution is 6.22. The van der Waals surface area contributed by atoms with Gasteiger partial charge in [0, 0.05) is 5.69 Å². The molecule has 1 saturated heterocycles. The number of rotatable bonds is 7. The first-order chi connectivity index (χ1) is 16.8. The fraction of sp³-hybridized carbons (Fsp3) is 0.357. The number of nitrogens with zero attached hydrogens (tertiary/aromatic N) is 1. The molecule has 2 aromatic carbocycles. The zero-order chi connectivity index (χ0) is 25.1. The standard InChI is InChI=1S/C28H30N2O5/c1-4-18-9-7-10-19(5-2)25(18)29-23(31)16-35-28(34)20-12-14-21(15-13-20)30-26(32)22-11-6-8-17(3)24(22)27(30)33/h6-10,12-15,17,22,24H,4-5,11,16H2,1-3H3,(H,29,31)/t17-,22+,24+/m0/s1. The van der Waals surface area contributed by atoms with E-state index >= 15 is 0 Å². The normalized spacial score (nSPS) is 21.1. The number of benzene rings is 2. The quantitative estimate of drug-likeness (QED) is 0.367. The molecule has 2 aromatic rings. The van der Waals surface area contributed by atoms with Crippen LogP contribution in [0.5, 0.6) is 0 Å². The van der Waals surface area contributed by atoms with Gasteiger partial charge in [-0.3, -0.25) is 19.3 Å². The Morgan fingerprint density at radius 2 is 1.66 bits per heavy atom. The average Bonchev–Trinajstić information content (AvgIpc) is 3.13. The van der Waals surface area contributed by atoms with Crippen LogP contribution in [-0.4, -0.2) is 30.3 Å². The molecule has 0 bridgehead atoms. The molecule has 0 radical (unpaired) electrons. The van der Waals surface area contributed by atoms with Crippen molar-refractivity contribution in [2.45, 2.75) is 40.0 Å². The predicted molar refractivity (Wildman–Crippen MR) is 133 cm³/mol. The Morgan fingerprint density at radius 1 is 1.00 bits per heavy atom. The molecule has 1 aliphatic heterocycles. The number of hydrogen-bond acceptors (Lipinski definition) is 5. The van der Waals surface area contributed by atoms with Crippen molar-refractivity contribution >= 4 is 35.1 Å². The molecule has 0 unspecified atom stereocenters. The first kappa shape index (κ1) is 24.4. The molecule has 0 saturated carbocycles. The summed E-state index contributed by atoms with van der Waals surface area (Å²) in [5.74, 6) is -2.16. The number of imide groups is 1. The number of aryl methyl sites for hydroxylation is 2. The van der Waals surface area contributed by atoms with Gasteiger partial charge in [0.25, 0.3) is 5.91 Å². The number of fused-ring (bicyclic) bond motifs is 1. The van der Waals surface area contributed by atoms with E-state index in [4.69, 9.17) is 4.74 Å². The molecule has 3 amide bonds. The van der Waals surface area contributed by atoms with Crippen LogP contribution in [0.1, 0.15) is 48.7 Å². The van der Waals surface area contributed by atoms with E-state index in [2.05, 4.69) is 5.32 Å². The number of nitrogens with one attached hydrogen (secondary N) is 1. The molecule has 4 rings (SSSR count). The van der Waals surface area contributed by atoms with E-state index in [9.17, 15) is 19.2 Å². The van der Waals surface area contributed by atoms with E-state index in [1.807, 2.05) is 51.1 Å². The van der Waals surface area contributed by atoms with Crippen molar-refractivity contribution in [2.75, 3.05) is 16.8 Å². The fourth-order valence-corrected chi connectivity index (χ4v) is 4.94. The van der Waals surface area contributed by atoms with Crippen LogP contribution < -0.4 is 10.2 Å². The molecule has 35 heavy (non-hydrogen) atoms. The number of carbonyl (C=O) groups is 4. The van der Waals surface area contributed by atoms with Gasteiger partial charge in [-0.1, -0.05) is 51.1 Å². The summed E-state index contributed by atoms with van der Waals surface area (Å²) >= 11 is 0. The van der Waals surface area contributed by atoms with Crippen LogP contribution in [0.2, 0.25) is 0 Å². The topological polar surface area (TPSA) is 92.8 Å². The van der Waals surface area contributed by atoms with Crippen LogP contribution in [-0.2, 0) is 32.0 Å². The Labute approximate surface area is 205 Å². The van der Waals surface area contributed by atoms with Gasteiger partial charge in [-0.05, 0) is 60.6 Å². The van der Waals surface area contributed by atoms with Crippen LogP contribution in [0.25, 0.3) is 0 Å². The lowest BCUT2D eigenvalue weighted by atomic mass is 9.78. The molecule has 1 fully saturated rings. The van der Waals surface area contributed by atoms with Gasteiger partial charge in [0.05, 0.1) is 23.1 Å². The highest BCUT2D eigenvalue weighted by Crippen LogP contribution is 2.40. The second kappa shape index (κ2) is 10.3. The summed E-state index contributed by atoms with van der Waals surface area (Å²) in [6.45, 7) is 5.56. The Hall–Kier alpha value is -3.74. The number of esters is 1. The van der Waals surface area contributed by atoms with Gasteiger partial charge in [-0.2, -0.15) is 0 Å². The van der Waals surface area contributed by atoms with E-state index < -0.39 is 18.5 Å². The van der Waals surface area contributed by atoms with Crippen molar-refractivity contribution in [3.05, 3.63) is 71.3 Å². The lowest BCUT2D eigenvalue weighted by Crippen LogP contribution is -2.31. The SMILES string of the molecule is CCc1cccc(CC)c1NC(=O)COC(=O)c1ccc(N2C(=O)[C@@H]3[C@@H](C)C=CC[C@H]3C2=O)cc1. The van der Waals surface area contributed by atoms with Gasteiger partial charge in [-0.15, -0.1) is 0 Å². The van der Waals surface area contributed by atoms with Gasteiger partial charge >= 0.3 is 5.97 Å². The van der Waals surface area contributed by atoms with Crippen LogP contribution in [0.3, 0.4) is 0 Å². The number of carbonyl (C=O) groups excluding carboxylic acids is 4. The number of amides is 3. The summed E-state index contributed by atoms with van der Waals surface area (Å²) in [6, 6.07) is 12.0. The lowest BCUT2D eigenvalue weighted by Gasteiger charge is -2.22. The first-order valence-electron chi connectivity index (χ1n) is 12.1. The third-order valence-electron chi connectivity index (χ3n) is 6.83. The van der Waals surface area contributed by atoms with Crippen molar-refractivity contribution in [2.24, 2.45) is 17.8 Å². The van der Waals surface area contributed by atoms with Crippen molar-refractivity contribution in [1.82, 2.24) is 0 Å². The molecular weight excluding hydrogens is 444 g/mol. The van der Waals surface area contributed by atoms with E-state index in [1.54, 1.807) is 12.1 Å². The summed E-state index contributed by atoms with van der Waals surface area (Å²) in [5.41, 5.74) is 3.48. The van der Waals surface area contributed by atoms with Crippen LogP contribution in [0.4, 0.5) is 11.4 Å². The molecule has 1 aliphatic carbocycles. The number of ether oxygens (including phenoxy) is 1. The van der Waals surface area contributed by atoms with Crippen molar-refractivity contribution < 1.29 is 23.9 Å². The molecule has 182 valence electrons. The second-order valence-corrected chi connectivity index (χ2v) is 9.00. The molecular formula is C28H30N2O5. The first-order valence-corrected chi connectivity index (χ1v) is 12.1. The smallest absolute Gasteiger partial charge is 0.338 e. The zero-order valence-corrected chi connectivity index (χ0v) is 20.2. The second-order valence-electron chi connectivity index (χ2n) is 9.00. The molecule has 0 spiro atoms. The minimum Gasteiger partial charge on any atom is -0.452 e. The molecule has 2 aliphatic rings. The highest BCUT2D eigenvalue weighted by atomic mass is 16.5. The van der Waals surface area contributed by atoms with Crippen molar-refractivity contribution in [3.63, 3.8) is 0 Å². The molecule has 0 aromatic heterocycles. The van der Waals surface area contributed by atoms with E-state index in [1.165, 1.54) is 17.0 Å². The molecule has 7 nitrogen and oxygen atoms in total. The van der Waals surface area contributed by atoms with E-state index in [0.29, 0.717) is 12.1 Å². The molecule has 7 heteroatoms. The summed E-state index contributed by atoms with van der Waals surface area (Å²) in [6.07, 6.45) is 6.04. The number of allylic oxidation sites excluding steroid dienone is 2. The molecule has 3 atom stereocenters. The Bertz CT molecular complexity index is 1160. The summed E-state index contributed by atoms with van der Waals surface area (Å²) in [7, 11) is 0. The third kappa shape index (κ3) is 4.76. The third-order valence-corrected chi connectivity index (χ3v) is 6.83. The Morgan fingerprint density at radius 3 is 2.26 bits per heavy atom. The van der Waals surface area contributed by atoms with Crippen molar-refractivity contribution in [1.29, 1.82) is 0 Å². The van der Waals surface area contributed by atoms with Crippen LogP contribution in [0, 0.1) is 17.8 Å². The average molecular weight is 475 g/mol. The van der Waals surface area contributed by atoms with E-state index in [-0.39, 0.29) is 35.1 Å². The highest BCUT2D eigenvalue weighted by Gasteiger charge is 2.50. The largest absolute Gasteiger partial charge is 0.452 e. The predicted octanol–water partition coefficient (Wildman–Crippen LogP) is 4.31. The van der Waals surface area contributed by atoms with Gasteiger partial charge in [0.15, 0.2) is 6.61 Å². The van der Waals surface area contributed by atoms with Crippen LogP contribution >= 0.6 is 0 Å². The zero-order valence-electron chi connectivity index (χ0n) is 20.2. The molecule has 1 heterocycles. The number of para-hydroxylation sites is 1. The van der Waals surface area contributed by atoms with Gasteiger partial charge in [0.1, 0.15) is 0 Å². The Kier molecular flexibility index (Phi) is 7.15. The number of hydrogen-bond donors (Lipinski definition) is 1. The summed E-state index contributed by atoms with van der Waals surface area (Å²) in [4.78, 5) is 52.0. The van der Waals surface area contributed by atoms with Crippen LogP contribution in [0.15, 0.2) is 54.6 Å². The van der Waals surface area contributed by atoms with Gasteiger partial charge < -0.3 is 10.1 Å². The maximum Gasteiger partial charge on any atom is 0.338 e. The van der Waals surface area contributed by atoms with Gasteiger partial charge in [-0.25, -0.2) is 4.79 Å². The maximum absolute atomic E-state index is 12.9. The Balaban J connectivity index is 1.38. The minimum atomic E-state index is -0.656. The lowest BCUT2D eigenvalue weighted by molar-refractivity contribution is -0.123. The maximum atomic E-state index is 12.9. The molecule has 1 N–H and O–H groups in total. The summed E-state index contributed by atoms with van der Waals surface area (Å²) < 4.78 is 5.20. The fourth-order valence-electron chi connectivity index (χ4n) is 4.94. The van der Waals surface area contributed by atoms with E-state index in [0.717, 1.165) is 29.7 Å². The monoisotopic (exact) mass is 474 g/mol. The van der Waals surface area contributed by atoms with Gasteiger partial charge in [0.2, 0.25) is 11.8 Å². The van der Waals surface area contributed by atoms with Crippen molar-refractivity contribution in [3.8, 4) is 0 Å². The minimum absolute atomic E-state index is 0.00768. The summed E-state index contributed by atoms with van der Waals surface area (Å²) in [5, 5.41) is 2.87. The number of anilines is 2.